The monoisotopic (exact) mass is 243 g/mol. The normalized spacial score (nSPS) is 11.8. The van der Waals surface area contributed by atoms with E-state index in [2.05, 4.69) is 19.2 Å². The van der Waals surface area contributed by atoms with Crippen LogP contribution in [-0.2, 0) is 6.54 Å². The van der Waals surface area contributed by atoms with Gasteiger partial charge in [-0.05, 0) is 29.5 Å². The van der Waals surface area contributed by atoms with Crippen molar-refractivity contribution < 1.29 is 4.39 Å². The van der Waals surface area contributed by atoms with Crippen molar-refractivity contribution in [3.05, 3.63) is 35.6 Å². The summed E-state index contributed by atoms with van der Waals surface area (Å²) in [6.07, 6.45) is 0.991. The summed E-state index contributed by atoms with van der Waals surface area (Å²) in [5.74, 6) is 0.497. The van der Waals surface area contributed by atoms with Crippen molar-refractivity contribution >= 4 is 11.6 Å². The van der Waals surface area contributed by atoms with Crippen LogP contribution >= 0.6 is 11.6 Å². The molecule has 0 aliphatic heterocycles. The zero-order valence-electron chi connectivity index (χ0n) is 9.89. The van der Waals surface area contributed by atoms with Gasteiger partial charge in [0.15, 0.2) is 0 Å². The molecule has 0 aromatic heterocycles. The van der Waals surface area contributed by atoms with Gasteiger partial charge in [0.1, 0.15) is 5.82 Å². The summed E-state index contributed by atoms with van der Waals surface area (Å²) in [4.78, 5) is 0. The van der Waals surface area contributed by atoms with Gasteiger partial charge < -0.3 is 5.32 Å². The summed E-state index contributed by atoms with van der Waals surface area (Å²) in [5, 5.41) is 3.37. The third-order valence-electron chi connectivity index (χ3n) is 2.62. The molecule has 0 unspecified atom stereocenters. The van der Waals surface area contributed by atoms with E-state index in [1.807, 2.05) is 0 Å². The molecule has 0 radical (unpaired) electrons. The van der Waals surface area contributed by atoms with Crippen LogP contribution in [0, 0.1) is 11.2 Å². The smallest absolute Gasteiger partial charge is 0.123 e. The molecular weight excluding hydrogens is 225 g/mol. The zero-order chi connectivity index (χ0) is 12.0. The highest BCUT2D eigenvalue weighted by atomic mass is 35.5. The van der Waals surface area contributed by atoms with Gasteiger partial charge in [0.2, 0.25) is 0 Å². The molecule has 0 saturated carbocycles. The van der Waals surface area contributed by atoms with Crippen LogP contribution in [0.2, 0.25) is 0 Å². The van der Waals surface area contributed by atoms with Crippen LogP contribution in [0.3, 0.4) is 0 Å². The summed E-state index contributed by atoms with van der Waals surface area (Å²) in [5.41, 5.74) is 1.31. The molecule has 1 nitrogen and oxygen atoms in total. The van der Waals surface area contributed by atoms with E-state index >= 15 is 0 Å². The molecule has 1 N–H and O–H groups in total. The summed E-state index contributed by atoms with van der Waals surface area (Å²) in [6, 6.07) is 6.58. The first-order chi connectivity index (χ1) is 7.53. The molecule has 1 aromatic rings. The van der Waals surface area contributed by atoms with Crippen molar-refractivity contribution in [2.24, 2.45) is 5.41 Å². The molecule has 3 heteroatoms. The van der Waals surface area contributed by atoms with Crippen LogP contribution in [-0.4, -0.2) is 12.4 Å². The first-order valence-electron chi connectivity index (χ1n) is 5.55. The molecule has 0 aliphatic carbocycles. The van der Waals surface area contributed by atoms with Crippen LogP contribution in [0.5, 0.6) is 0 Å². The highest BCUT2D eigenvalue weighted by Crippen LogP contribution is 2.19. The molecule has 0 saturated heterocycles. The SMILES string of the molecule is CC(C)(CCCl)CNCc1ccc(F)cc1. The quantitative estimate of drug-likeness (QED) is 0.754. The fourth-order valence-corrected chi connectivity index (χ4v) is 2.00. The highest BCUT2D eigenvalue weighted by Gasteiger charge is 2.15. The topological polar surface area (TPSA) is 12.0 Å². The number of alkyl halides is 1. The second-order valence-corrected chi connectivity index (χ2v) is 5.21. The van der Waals surface area contributed by atoms with Gasteiger partial charge in [-0.2, -0.15) is 0 Å². The van der Waals surface area contributed by atoms with Gasteiger partial charge in [0, 0.05) is 19.0 Å². The maximum Gasteiger partial charge on any atom is 0.123 e. The van der Waals surface area contributed by atoms with Crippen molar-refractivity contribution in [1.82, 2.24) is 5.32 Å². The number of rotatable bonds is 6. The molecule has 0 atom stereocenters. The molecule has 1 rings (SSSR count). The molecule has 0 aliphatic rings. The van der Waals surface area contributed by atoms with Gasteiger partial charge in [0.05, 0.1) is 0 Å². The summed E-state index contributed by atoms with van der Waals surface area (Å²) in [6.45, 7) is 6.06. The minimum atomic E-state index is -0.189. The van der Waals surface area contributed by atoms with E-state index in [1.54, 1.807) is 12.1 Å². The summed E-state index contributed by atoms with van der Waals surface area (Å²) >= 11 is 5.73. The molecule has 16 heavy (non-hydrogen) atoms. The van der Waals surface area contributed by atoms with E-state index in [0.717, 1.165) is 25.1 Å². The predicted octanol–water partition coefficient (Wildman–Crippen LogP) is 3.57. The van der Waals surface area contributed by atoms with Gasteiger partial charge in [-0.1, -0.05) is 26.0 Å². The third-order valence-corrected chi connectivity index (χ3v) is 2.81. The summed E-state index contributed by atoms with van der Waals surface area (Å²) in [7, 11) is 0. The second kappa shape index (κ2) is 6.21. The Bertz CT molecular complexity index is 308. The Morgan fingerprint density at radius 1 is 1.25 bits per heavy atom. The lowest BCUT2D eigenvalue weighted by atomic mass is 9.90. The van der Waals surface area contributed by atoms with Crippen LogP contribution < -0.4 is 5.32 Å². The van der Waals surface area contributed by atoms with E-state index in [1.165, 1.54) is 12.1 Å². The molecule has 1 aromatic carbocycles. The van der Waals surface area contributed by atoms with E-state index in [9.17, 15) is 4.39 Å². The minimum Gasteiger partial charge on any atom is -0.312 e. The molecular formula is C13H19ClFN. The Balaban J connectivity index is 2.32. The third kappa shape index (κ3) is 4.95. The zero-order valence-corrected chi connectivity index (χ0v) is 10.6. The van der Waals surface area contributed by atoms with Crippen LogP contribution in [0.15, 0.2) is 24.3 Å². The molecule has 90 valence electrons. The van der Waals surface area contributed by atoms with Crippen molar-refractivity contribution in [3.8, 4) is 0 Å². The highest BCUT2D eigenvalue weighted by molar-refractivity contribution is 6.17. The van der Waals surface area contributed by atoms with Crippen LogP contribution in [0.25, 0.3) is 0 Å². The van der Waals surface area contributed by atoms with Gasteiger partial charge in [-0.3, -0.25) is 0 Å². The number of hydrogen-bond donors (Lipinski definition) is 1. The molecule has 0 fully saturated rings. The Morgan fingerprint density at radius 2 is 1.88 bits per heavy atom. The average molecular weight is 244 g/mol. The summed E-state index contributed by atoms with van der Waals surface area (Å²) < 4.78 is 12.7. The van der Waals surface area contributed by atoms with Crippen LogP contribution in [0.4, 0.5) is 4.39 Å². The maximum atomic E-state index is 12.7. The van der Waals surface area contributed by atoms with Gasteiger partial charge in [-0.15, -0.1) is 11.6 Å². The van der Waals surface area contributed by atoms with Gasteiger partial charge in [-0.25, -0.2) is 4.39 Å². The number of halogens is 2. The van der Waals surface area contributed by atoms with Crippen molar-refractivity contribution in [3.63, 3.8) is 0 Å². The fourth-order valence-electron chi connectivity index (χ4n) is 1.49. The number of benzene rings is 1. The molecule has 0 bridgehead atoms. The minimum absolute atomic E-state index is 0.189. The molecule has 0 amide bonds. The van der Waals surface area contributed by atoms with E-state index in [0.29, 0.717) is 5.88 Å². The standard InChI is InChI=1S/C13H19ClFN/c1-13(2,7-8-14)10-16-9-11-3-5-12(15)6-4-11/h3-6,16H,7-10H2,1-2H3. The lowest BCUT2D eigenvalue weighted by molar-refractivity contribution is 0.329. The lowest BCUT2D eigenvalue weighted by Crippen LogP contribution is -2.29. The van der Waals surface area contributed by atoms with Gasteiger partial charge in [0.25, 0.3) is 0 Å². The largest absolute Gasteiger partial charge is 0.312 e. The van der Waals surface area contributed by atoms with Crippen molar-refractivity contribution in [1.29, 1.82) is 0 Å². The lowest BCUT2D eigenvalue weighted by Gasteiger charge is -2.23. The predicted molar refractivity (Wildman–Crippen MR) is 67.2 cm³/mol. The van der Waals surface area contributed by atoms with Crippen molar-refractivity contribution in [2.45, 2.75) is 26.8 Å². The number of nitrogens with one attached hydrogen (secondary N) is 1. The Morgan fingerprint density at radius 3 is 2.44 bits per heavy atom. The maximum absolute atomic E-state index is 12.7. The van der Waals surface area contributed by atoms with Gasteiger partial charge >= 0.3 is 0 Å². The Kier molecular flexibility index (Phi) is 5.23. The van der Waals surface area contributed by atoms with E-state index < -0.39 is 0 Å². The van der Waals surface area contributed by atoms with Crippen LogP contribution in [0.1, 0.15) is 25.8 Å². The fraction of sp³-hybridized carbons (Fsp3) is 0.538. The molecule has 0 heterocycles. The Hall–Kier alpha value is -0.600. The van der Waals surface area contributed by atoms with E-state index in [-0.39, 0.29) is 11.2 Å². The first kappa shape index (κ1) is 13.5. The first-order valence-corrected chi connectivity index (χ1v) is 6.08. The average Bonchev–Trinajstić information content (AvgIpc) is 2.20. The second-order valence-electron chi connectivity index (χ2n) is 4.83. The molecule has 0 spiro atoms. The number of hydrogen-bond acceptors (Lipinski definition) is 1. The van der Waals surface area contributed by atoms with E-state index in [4.69, 9.17) is 11.6 Å². The van der Waals surface area contributed by atoms with Crippen molar-refractivity contribution in [2.75, 3.05) is 12.4 Å². The Labute approximate surface area is 102 Å².